The van der Waals surface area contributed by atoms with Crippen molar-refractivity contribution in [3.8, 4) is 0 Å². The van der Waals surface area contributed by atoms with Gasteiger partial charge in [0.15, 0.2) is 0 Å². The zero-order valence-corrected chi connectivity index (χ0v) is 12.6. The normalized spacial score (nSPS) is 29.7. The van der Waals surface area contributed by atoms with Crippen LogP contribution >= 0.6 is 0 Å². The third kappa shape index (κ3) is 2.54. The highest BCUT2D eigenvalue weighted by molar-refractivity contribution is 5.12. The topological polar surface area (TPSA) is 74.2 Å². The van der Waals surface area contributed by atoms with Crippen molar-refractivity contribution in [2.45, 2.75) is 64.5 Å². The molecule has 19 heavy (non-hydrogen) atoms. The molecule has 5 heteroatoms. The molecule has 0 saturated heterocycles. The monoisotopic (exact) mass is 267 g/mol. The van der Waals surface area contributed by atoms with E-state index in [0.29, 0.717) is 11.7 Å². The van der Waals surface area contributed by atoms with Crippen molar-refractivity contribution in [1.29, 1.82) is 0 Å². The number of nitrogens with two attached hydrogens (primary N) is 1. The van der Waals surface area contributed by atoms with Gasteiger partial charge in [-0.05, 0) is 25.2 Å². The van der Waals surface area contributed by atoms with E-state index in [1.807, 2.05) is 0 Å². The second-order valence-electron chi connectivity index (χ2n) is 6.86. The van der Waals surface area contributed by atoms with E-state index >= 15 is 0 Å². The van der Waals surface area contributed by atoms with Crippen molar-refractivity contribution < 1.29 is 9.26 Å². The van der Waals surface area contributed by atoms with Crippen LogP contribution in [0.5, 0.6) is 0 Å². The molecule has 1 aliphatic rings. The lowest BCUT2D eigenvalue weighted by atomic mass is 9.85. The average Bonchev–Trinajstić information content (AvgIpc) is 2.88. The Morgan fingerprint density at radius 2 is 2.16 bits per heavy atom. The molecule has 0 aliphatic heterocycles. The summed E-state index contributed by atoms with van der Waals surface area (Å²) in [5, 5.41) is 4.11. The molecule has 0 amide bonds. The first-order valence-corrected chi connectivity index (χ1v) is 6.91. The Bertz CT molecular complexity index is 438. The highest BCUT2D eigenvalue weighted by Gasteiger charge is 2.43. The SMILES string of the molecule is COC(c1noc(C2(C)CCCC2N)n1)C(C)(C)C. The summed E-state index contributed by atoms with van der Waals surface area (Å²) in [6.45, 7) is 8.40. The van der Waals surface area contributed by atoms with Gasteiger partial charge < -0.3 is 15.0 Å². The number of aromatic nitrogens is 2. The molecule has 108 valence electrons. The predicted octanol–water partition coefficient (Wildman–Crippen LogP) is 2.57. The maximum Gasteiger partial charge on any atom is 0.234 e. The molecule has 3 atom stereocenters. The molecule has 1 aromatic heterocycles. The van der Waals surface area contributed by atoms with Gasteiger partial charge in [-0.2, -0.15) is 4.98 Å². The van der Waals surface area contributed by atoms with Crippen molar-refractivity contribution >= 4 is 0 Å². The highest BCUT2D eigenvalue weighted by Crippen LogP contribution is 2.40. The molecule has 1 aliphatic carbocycles. The fraction of sp³-hybridized carbons (Fsp3) is 0.857. The molecule has 2 N–H and O–H groups in total. The predicted molar refractivity (Wildman–Crippen MR) is 72.7 cm³/mol. The van der Waals surface area contributed by atoms with Crippen LogP contribution in [0.25, 0.3) is 0 Å². The Hall–Kier alpha value is -0.940. The van der Waals surface area contributed by atoms with Crippen LogP contribution in [-0.4, -0.2) is 23.3 Å². The summed E-state index contributed by atoms with van der Waals surface area (Å²) in [6.07, 6.45) is 2.96. The van der Waals surface area contributed by atoms with Gasteiger partial charge >= 0.3 is 0 Å². The summed E-state index contributed by atoms with van der Waals surface area (Å²) in [7, 11) is 1.68. The van der Waals surface area contributed by atoms with Crippen LogP contribution in [0.4, 0.5) is 0 Å². The summed E-state index contributed by atoms with van der Waals surface area (Å²) in [4.78, 5) is 4.57. The average molecular weight is 267 g/mol. The Balaban J connectivity index is 2.28. The Kier molecular flexibility index (Phi) is 3.71. The smallest absolute Gasteiger partial charge is 0.234 e. The molecule has 0 radical (unpaired) electrons. The highest BCUT2D eigenvalue weighted by atomic mass is 16.5. The first kappa shape index (κ1) is 14.5. The number of methoxy groups -OCH3 is 1. The van der Waals surface area contributed by atoms with Gasteiger partial charge in [0, 0.05) is 13.2 Å². The first-order chi connectivity index (χ1) is 8.79. The summed E-state index contributed by atoms with van der Waals surface area (Å²) in [6, 6.07) is 0.0939. The van der Waals surface area contributed by atoms with Gasteiger partial charge in [-0.15, -0.1) is 0 Å². The van der Waals surface area contributed by atoms with Crippen LogP contribution in [0.2, 0.25) is 0 Å². The maximum atomic E-state index is 6.19. The molecule has 1 heterocycles. The van der Waals surface area contributed by atoms with Crippen LogP contribution < -0.4 is 5.73 Å². The Morgan fingerprint density at radius 1 is 1.47 bits per heavy atom. The van der Waals surface area contributed by atoms with E-state index in [1.165, 1.54) is 0 Å². The molecule has 0 spiro atoms. The van der Waals surface area contributed by atoms with Gasteiger partial charge in [-0.3, -0.25) is 0 Å². The molecule has 1 aromatic rings. The molecule has 0 aromatic carbocycles. The second kappa shape index (κ2) is 4.87. The fourth-order valence-corrected chi connectivity index (χ4v) is 2.88. The van der Waals surface area contributed by atoms with E-state index in [2.05, 4.69) is 37.8 Å². The zero-order chi connectivity index (χ0) is 14.3. The van der Waals surface area contributed by atoms with Crippen LogP contribution in [0, 0.1) is 5.41 Å². The fourth-order valence-electron chi connectivity index (χ4n) is 2.88. The summed E-state index contributed by atoms with van der Waals surface area (Å²) < 4.78 is 11.0. The number of ether oxygens (including phenoxy) is 1. The zero-order valence-electron chi connectivity index (χ0n) is 12.6. The standard InChI is InChI=1S/C14H25N3O2/c1-13(2,3)10(18-5)11-16-12(19-17-11)14(4)8-6-7-9(14)15/h9-10H,6-8,15H2,1-5H3. The quantitative estimate of drug-likeness (QED) is 0.911. The van der Waals surface area contributed by atoms with Crippen molar-refractivity contribution in [1.82, 2.24) is 10.1 Å². The minimum atomic E-state index is -0.193. The molecule has 2 rings (SSSR count). The van der Waals surface area contributed by atoms with Crippen molar-refractivity contribution in [3.63, 3.8) is 0 Å². The number of rotatable bonds is 3. The Morgan fingerprint density at radius 3 is 2.63 bits per heavy atom. The summed E-state index contributed by atoms with van der Waals surface area (Å²) in [5.74, 6) is 1.27. The largest absolute Gasteiger partial charge is 0.373 e. The lowest BCUT2D eigenvalue weighted by Gasteiger charge is -2.26. The van der Waals surface area contributed by atoms with Crippen LogP contribution in [-0.2, 0) is 10.2 Å². The van der Waals surface area contributed by atoms with Crippen molar-refractivity contribution in [2.75, 3.05) is 7.11 Å². The molecule has 1 saturated carbocycles. The van der Waals surface area contributed by atoms with Crippen LogP contribution in [0.1, 0.15) is 64.8 Å². The maximum absolute atomic E-state index is 6.19. The van der Waals surface area contributed by atoms with E-state index < -0.39 is 0 Å². The minimum Gasteiger partial charge on any atom is -0.373 e. The Labute approximate surface area is 114 Å². The number of hydrogen-bond acceptors (Lipinski definition) is 5. The van der Waals surface area contributed by atoms with Gasteiger partial charge in [-0.1, -0.05) is 32.3 Å². The van der Waals surface area contributed by atoms with Crippen LogP contribution in [0.3, 0.4) is 0 Å². The van der Waals surface area contributed by atoms with Gasteiger partial charge in [0.25, 0.3) is 0 Å². The van der Waals surface area contributed by atoms with E-state index in [-0.39, 0.29) is 23.0 Å². The molecular weight excluding hydrogens is 242 g/mol. The van der Waals surface area contributed by atoms with E-state index in [4.69, 9.17) is 15.0 Å². The number of nitrogens with zero attached hydrogens (tertiary/aromatic N) is 2. The lowest BCUT2D eigenvalue weighted by molar-refractivity contribution is 0.00718. The molecule has 5 nitrogen and oxygen atoms in total. The third-order valence-corrected chi connectivity index (χ3v) is 4.22. The van der Waals surface area contributed by atoms with E-state index in [9.17, 15) is 0 Å². The second-order valence-corrected chi connectivity index (χ2v) is 6.86. The molecular formula is C14H25N3O2. The van der Waals surface area contributed by atoms with Gasteiger partial charge in [-0.25, -0.2) is 0 Å². The van der Waals surface area contributed by atoms with Crippen molar-refractivity contribution in [3.05, 3.63) is 11.7 Å². The van der Waals surface area contributed by atoms with Gasteiger partial charge in [0.05, 0.1) is 5.41 Å². The number of hydrogen-bond donors (Lipinski definition) is 1. The summed E-state index contributed by atoms with van der Waals surface area (Å²) >= 11 is 0. The lowest BCUT2D eigenvalue weighted by Crippen LogP contribution is -2.38. The van der Waals surface area contributed by atoms with Gasteiger partial charge in [0.2, 0.25) is 11.7 Å². The van der Waals surface area contributed by atoms with Gasteiger partial charge in [0.1, 0.15) is 6.10 Å². The first-order valence-electron chi connectivity index (χ1n) is 6.91. The van der Waals surface area contributed by atoms with E-state index in [1.54, 1.807) is 7.11 Å². The molecule has 0 bridgehead atoms. The molecule has 1 fully saturated rings. The third-order valence-electron chi connectivity index (χ3n) is 4.22. The minimum absolute atomic E-state index is 0.0748. The van der Waals surface area contributed by atoms with E-state index in [0.717, 1.165) is 19.3 Å². The van der Waals surface area contributed by atoms with Crippen molar-refractivity contribution in [2.24, 2.45) is 11.1 Å². The summed E-state index contributed by atoms with van der Waals surface area (Å²) in [5.41, 5.74) is 5.92. The molecule has 3 unspecified atom stereocenters. The van der Waals surface area contributed by atoms with Crippen LogP contribution in [0.15, 0.2) is 4.52 Å².